The number of urea groups is 1. The number of hydrogen-bond donors (Lipinski definition) is 2. The number of nitrogens with one attached hydrogen (secondary N) is 2. The maximum Gasteiger partial charge on any atom is 0.319 e. The minimum Gasteiger partial charge on any atom is -0.495 e. The highest BCUT2D eigenvalue weighted by Crippen LogP contribution is 2.28. The first-order valence-electron chi connectivity index (χ1n) is 10.5. The number of amides is 2. The number of aromatic nitrogens is 3. The molecule has 1 aromatic carbocycles. The third-order valence-electron chi connectivity index (χ3n) is 5.65. The number of anilines is 1. The highest BCUT2D eigenvalue weighted by molar-refractivity contribution is 6.30. The Morgan fingerprint density at radius 1 is 1.22 bits per heavy atom. The number of aryl methyl sites for hydroxylation is 1. The summed E-state index contributed by atoms with van der Waals surface area (Å²) in [4.78, 5) is 19.7. The molecule has 3 heterocycles. The average molecular weight is 455 g/mol. The third-order valence-corrected chi connectivity index (χ3v) is 5.91. The topological polar surface area (TPSA) is 84.3 Å². The van der Waals surface area contributed by atoms with Crippen LogP contribution in [-0.4, -0.2) is 51.9 Å². The van der Waals surface area contributed by atoms with Crippen molar-refractivity contribution in [3.63, 3.8) is 0 Å². The molecule has 0 spiro atoms. The summed E-state index contributed by atoms with van der Waals surface area (Å²) >= 11 is 5.93. The molecule has 1 saturated heterocycles. The molecule has 0 unspecified atom stereocenters. The summed E-state index contributed by atoms with van der Waals surface area (Å²) < 4.78 is 7.07. The molecule has 2 aromatic heterocycles. The molecule has 0 bridgehead atoms. The molecule has 3 aromatic rings. The van der Waals surface area contributed by atoms with E-state index in [4.69, 9.17) is 16.3 Å². The quantitative estimate of drug-likeness (QED) is 0.593. The fourth-order valence-corrected chi connectivity index (χ4v) is 4.17. The molecule has 32 heavy (non-hydrogen) atoms. The van der Waals surface area contributed by atoms with Crippen molar-refractivity contribution in [2.24, 2.45) is 7.05 Å². The van der Waals surface area contributed by atoms with E-state index in [0.717, 1.165) is 31.7 Å². The summed E-state index contributed by atoms with van der Waals surface area (Å²) in [6.45, 7) is 2.46. The lowest BCUT2D eigenvalue weighted by atomic mass is 9.88. The lowest BCUT2D eigenvalue weighted by Crippen LogP contribution is -2.50. The van der Waals surface area contributed by atoms with Gasteiger partial charge in [0, 0.05) is 66.8 Å². The van der Waals surface area contributed by atoms with Crippen LogP contribution < -0.4 is 15.4 Å². The molecular formula is C23H27ClN6O2. The van der Waals surface area contributed by atoms with Crippen molar-refractivity contribution in [2.45, 2.75) is 24.9 Å². The van der Waals surface area contributed by atoms with Crippen LogP contribution in [0.3, 0.4) is 0 Å². The van der Waals surface area contributed by atoms with Gasteiger partial charge in [0.15, 0.2) is 0 Å². The van der Waals surface area contributed by atoms with E-state index in [0.29, 0.717) is 16.5 Å². The number of likely N-dealkylation sites (tertiary alicyclic amines) is 1. The van der Waals surface area contributed by atoms with Gasteiger partial charge in [-0.25, -0.2) is 4.79 Å². The molecule has 0 saturated carbocycles. The second-order valence-electron chi connectivity index (χ2n) is 7.99. The van der Waals surface area contributed by atoms with Crippen molar-refractivity contribution in [1.29, 1.82) is 0 Å². The van der Waals surface area contributed by atoms with E-state index in [2.05, 4.69) is 25.6 Å². The van der Waals surface area contributed by atoms with Crippen molar-refractivity contribution < 1.29 is 9.53 Å². The number of hydrogen-bond acceptors (Lipinski definition) is 5. The Labute approximate surface area is 192 Å². The third kappa shape index (κ3) is 5.57. The average Bonchev–Trinajstić information content (AvgIpc) is 3.21. The Balaban J connectivity index is 1.47. The molecule has 2 atom stereocenters. The number of ether oxygens (including phenoxy) is 1. The predicted molar refractivity (Wildman–Crippen MR) is 124 cm³/mol. The van der Waals surface area contributed by atoms with E-state index in [9.17, 15) is 4.79 Å². The molecule has 1 fully saturated rings. The van der Waals surface area contributed by atoms with Gasteiger partial charge in [-0.05, 0) is 42.8 Å². The van der Waals surface area contributed by atoms with Crippen molar-refractivity contribution in [3.8, 4) is 5.75 Å². The van der Waals surface area contributed by atoms with Crippen LogP contribution in [0.15, 0.2) is 55.0 Å². The van der Waals surface area contributed by atoms with Crippen LogP contribution in [0.25, 0.3) is 0 Å². The Kier molecular flexibility index (Phi) is 6.92. The van der Waals surface area contributed by atoms with Crippen molar-refractivity contribution in [2.75, 3.05) is 25.5 Å². The summed E-state index contributed by atoms with van der Waals surface area (Å²) in [5.41, 5.74) is 2.79. The molecule has 2 N–H and O–H groups in total. The summed E-state index contributed by atoms with van der Waals surface area (Å²) in [5, 5.41) is 10.9. The molecule has 1 aliphatic rings. The number of piperidine rings is 1. The monoisotopic (exact) mass is 454 g/mol. The second-order valence-corrected chi connectivity index (χ2v) is 8.42. The van der Waals surface area contributed by atoms with Crippen LogP contribution in [0.1, 0.15) is 23.6 Å². The zero-order valence-electron chi connectivity index (χ0n) is 18.2. The Morgan fingerprint density at radius 2 is 2.03 bits per heavy atom. The molecular weight excluding hydrogens is 428 g/mol. The summed E-state index contributed by atoms with van der Waals surface area (Å²) in [6.07, 6.45) is 6.46. The molecule has 8 nitrogen and oxygen atoms in total. The molecule has 9 heteroatoms. The van der Waals surface area contributed by atoms with E-state index >= 15 is 0 Å². The minimum absolute atomic E-state index is 0.0438. The van der Waals surface area contributed by atoms with Gasteiger partial charge in [-0.3, -0.25) is 14.6 Å². The molecule has 168 valence electrons. The highest BCUT2D eigenvalue weighted by Gasteiger charge is 2.32. The van der Waals surface area contributed by atoms with Crippen LogP contribution in [0.4, 0.5) is 10.5 Å². The lowest BCUT2D eigenvalue weighted by molar-refractivity contribution is 0.167. The van der Waals surface area contributed by atoms with Gasteiger partial charge in [-0.1, -0.05) is 11.6 Å². The first-order valence-corrected chi connectivity index (χ1v) is 10.9. The summed E-state index contributed by atoms with van der Waals surface area (Å²) in [5.74, 6) is 0.754. The van der Waals surface area contributed by atoms with Gasteiger partial charge in [-0.15, -0.1) is 0 Å². The Hall–Kier alpha value is -3.10. The fraction of sp³-hybridized carbons (Fsp3) is 0.348. The number of nitrogens with zero attached hydrogens (tertiary/aromatic N) is 4. The Bertz CT molecular complexity index is 1040. The number of carbonyl (C=O) groups excluding carboxylic acids is 1. The van der Waals surface area contributed by atoms with Crippen molar-refractivity contribution >= 4 is 23.3 Å². The van der Waals surface area contributed by atoms with Crippen LogP contribution in [0.2, 0.25) is 5.02 Å². The van der Waals surface area contributed by atoms with Gasteiger partial charge >= 0.3 is 6.03 Å². The summed E-state index contributed by atoms with van der Waals surface area (Å²) in [7, 11) is 3.54. The van der Waals surface area contributed by atoms with E-state index in [1.165, 1.54) is 5.56 Å². The Morgan fingerprint density at radius 3 is 2.69 bits per heavy atom. The molecule has 4 rings (SSSR count). The van der Waals surface area contributed by atoms with Gasteiger partial charge in [0.05, 0.1) is 19.5 Å². The van der Waals surface area contributed by atoms with E-state index in [1.54, 1.807) is 37.6 Å². The number of methoxy groups -OCH3 is 1. The van der Waals surface area contributed by atoms with E-state index < -0.39 is 0 Å². The number of halogens is 1. The molecule has 1 aliphatic heterocycles. The molecule has 2 amide bonds. The second kappa shape index (κ2) is 10.0. The molecule has 0 radical (unpaired) electrons. The first-order chi connectivity index (χ1) is 15.5. The predicted octanol–water partition coefficient (Wildman–Crippen LogP) is 3.66. The van der Waals surface area contributed by atoms with Gasteiger partial charge in [0.2, 0.25) is 0 Å². The standard InChI is InChI=1S/C23H27ClN6O2/c1-29-13-16(11-26-29)14-30-10-9-22(20(15-30)21-8-7-19(32-2)12-25-21)28-23(31)27-18-5-3-17(24)4-6-18/h3-8,11-13,20,22H,9-10,14-15H2,1-2H3,(H2,27,28,31)/t20-,22+/m0/s1. The van der Waals surface area contributed by atoms with Gasteiger partial charge in [0.25, 0.3) is 0 Å². The highest BCUT2D eigenvalue weighted by atomic mass is 35.5. The smallest absolute Gasteiger partial charge is 0.319 e. The number of rotatable bonds is 6. The fourth-order valence-electron chi connectivity index (χ4n) is 4.05. The van der Waals surface area contributed by atoms with E-state index in [1.807, 2.05) is 36.3 Å². The SMILES string of the molecule is COc1ccc([C@@H]2CN(Cc3cnn(C)c3)CC[C@H]2NC(=O)Nc2ccc(Cl)cc2)nc1. The van der Waals surface area contributed by atoms with Crippen LogP contribution >= 0.6 is 11.6 Å². The van der Waals surface area contributed by atoms with Crippen LogP contribution in [0.5, 0.6) is 5.75 Å². The minimum atomic E-state index is -0.239. The molecule has 0 aliphatic carbocycles. The number of carbonyl (C=O) groups is 1. The van der Waals surface area contributed by atoms with Crippen molar-refractivity contribution in [3.05, 3.63) is 71.3 Å². The summed E-state index contributed by atoms with van der Waals surface area (Å²) in [6, 6.07) is 10.7. The van der Waals surface area contributed by atoms with Gasteiger partial charge in [-0.2, -0.15) is 5.10 Å². The van der Waals surface area contributed by atoms with Gasteiger partial charge in [0.1, 0.15) is 5.75 Å². The number of pyridine rings is 1. The zero-order valence-corrected chi connectivity index (χ0v) is 18.9. The lowest BCUT2D eigenvalue weighted by Gasteiger charge is -2.38. The normalized spacial score (nSPS) is 18.8. The van der Waals surface area contributed by atoms with Crippen LogP contribution in [-0.2, 0) is 13.6 Å². The van der Waals surface area contributed by atoms with Gasteiger partial charge < -0.3 is 15.4 Å². The zero-order chi connectivity index (χ0) is 22.5. The van der Waals surface area contributed by atoms with Crippen molar-refractivity contribution in [1.82, 2.24) is 25.0 Å². The van der Waals surface area contributed by atoms with Crippen LogP contribution in [0, 0.1) is 0 Å². The van der Waals surface area contributed by atoms with E-state index in [-0.39, 0.29) is 18.0 Å². The largest absolute Gasteiger partial charge is 0.495 e. The number of benzene rings is 1. The maximum atomic E-state index is 12.7. The maximum absolute atomic E-state index is 12.7. The first kappa shape index (κ1) is 22.1.